The molecule has 0 saturated carbocycles. The fourth-order valence-corrected chi connectivity index (χ4v) is 1.68. The molecule has 0 aromatic carbocycles. The highest BCUT2D eigenvalue weighted by atomic mass is 28.4. The average molecular weight is 250 g/mol. The molecular formula is C11H20F2O2Si. The van der Waals surface area contributed by atoms with Gasteiger partial charge in [-0.25, -0.2) is 0 Å². The molecule has 0 spiro atoms. The molecule has 16 heavy (non-hydrogen) atoms. The number of rotatable bonds is 7. The van der Waals surface area contributed by atoms with Gasteiger partial charge in [0.15, 0.2) is 5.76 Å². The number of allylic oxidation sites excluding steroid dienone is 1. The van der Waals surface area contributed by atoms with E-state index in [4.69, 9.17) is 9.16 Å². The molecule has 0 aliphatic heterocycles. The molecular weight excluding hydrogens is 230 g/mol. The molecule has 0 aliphatic rings. The lowest BCUT2D eigenvalue weighted by Gasteiger charge is -2.18. The maximum Gasteiger partial charge on any atom is 0.310 e. The third kappa shape index (κ3) is 8.46. The lowest BCUT2D eigenvalue weighted by molar-refractivity contribution is 0.241. The van der Waals surface area contributed by atoms with Gasteiger partial charge in [-0.2, -0.15) is 8.78 Å². The summed E-state index contributed by atoms with van der Waals surface area (Å²) in [6.07, 6.45) is 2.57. The fraction of sp³-hybridized carbons (Fsp3) is 0.636. The van der Waals surface area contributed by atoms with Crippen LogP contribution in [0.1, 0.15) is 19.8 Å². The molecule has 0 saturated heterocycles. The summed E-state index contributed by atoms with van der Waals surface area (Å²) in [6.45, 7) is 8.13. The highest BCUT2D eigenvalue weighted by Crippen LogP contribution is 2.17. The monoisotopic (exact) mass is 250 g/mol. The topological polar surface area (TPSA) is 18.5 Å². The number of hydrogen-bond acceptors (Lipinski definition) is 2. The third-order valence-corrected chi connectivity index (χ3v) is 2.37. The molecule has 0 unspecified atom stereocenters. The van der Waals surface area contributed by atoms with Crippen LogP contribution in [0.2, 0.25) is 19.6 Å². The van der Waals surface area contributed by atoms with Crippen molar-refractivity contribution in [3.63, 3.8) is 0 Å². The van der Waals surface area contributed by atoms with Crippen LogP contribution >= 0.6 is 0 Å². The van der Waals surface area contributed by atoms with Crippen LogP contribution in [-0.4, -0.2) is 14.9 Å². The van der Waals surface area contributed by atoms with E-state index in [0.717, 1.165) is 12.8 Å². The van der Waals surface area contributed by atoms with E-state index < -0.39 is 14.4 Å². The Morgan fingerprint density at radius 1 is 1.25 bits per heavy atom. The van der Waals surface area contributed by atoms with Crippen LogP contribution in [-0.2, 0) is 9.16 Å². The van der Waals surface area contributed by atoms with Crippen LogP contribution in [0.5, 0.6) is 0 Å². The molecule has 0 N–H and O–H groups in total. The Hall–Kier alpha value is -0.843. The van der Waals surface area contributed by atoms with Crippen molar-refractivity contribution in [3.8, 4) is 0 Å². The van der Waals surface area contributed by atoms with Crippen molar-refractivity contribution < 1.29 is 17.9 Å². The Labute approximate surface area is 97.1 Å². The zero-order chi connectivity index (χ0) is 12.6. The lowest BCUT2D eigenvalue weighted by Crippen LogP contribution is -2.24. The number of ether oxygens (including phenoxy) is 1. The standard InChI is InChI=1S/C11H20F2O2Si/c1-5-6-8-14-9-7-10(11(12)13)15-16(2,3)4/h7,9H,5-6,8H2,1-4H3. The van der Waals surface area contributed by atoms with Crippen LogP contribution < -0.4 is 0 Å². The van der Waals surface area contributed by atoms with Gasteiger partial charge in [0.25, 0.3) is 0 Å². The van der Waals surface area contributed by atoms with E-state index >= 15 is 0 Å². The van der Waals surface area contributed by atoms with Crippen molar-refractivity contribution in [1.82, 2.24) is 0 Å². The number of hydrogen-bond donors (Lipinski definition) is 0. The highest BCUT2D eigenvalue weighted by molar-refractivity contribution is 6.70. The van der Waals surface area contributed by atoms with Gasteiger partial charge in [-0.3, -0.25) is 0 Å². The van der Waals surface area contributed by atoms with Crippen molar-refractivity contribution >= 4 is 8.32 Å². The number of unbranched alkanes of at least 4 members (excludes halogenated alkanes) is 1. The number of halogens is 2. The zero-order valence-electron chi connectivity index (χ0n) is 10.3. The van der Waals surface area contributed by atoms with Crippen molar-refractivity contribution in [2.75, 3.05) is 6.61 Å². The van der Waals surface area contributed by atoms with E-state index in [1.54, 1.807) is 0 Å². The van der Waals surface area contributed by atoms with Crippen LogP contribution in [0, 0.1) is 0 Å². The molecule has 94 valence electrons. The van der Waals surface area contributed by atoms with Crippen LogP contribution in [0.15, 0.2) is 24.2 Å². The summed E-state index contributed by atoms with van der Waals surface area (Å²) in [4.78, 5) is 0. The van der Waals surface area contributed by atoms with E-state index in [-0.39, 0.29) is 5.76 Å². The Balaban J connectivity index is 4.22. The molecule has 0 rings (SSSR count). The van der Waals surface area contributed by atoms with Crippen molar-refractivity contribution in [2.45, 2.75) is 39.4 Å². The molecule has 0 amide bonds. The molecule has 0 bridgehead atoms. The first kappa shape index (κ1) is 15.2. The molecule has 0 atom stereocenters. The van der Waals surface area contributed by atoms with E-state index in [2.05, 4.69) is 0 Å². The summed E-state index contributed by atoms with van der Waals surface area (Å²) >= 11 is 0. The van der Waals surface area contributed by atoms with Gasteiger partial charge in [0.05, 0.1) is 12.9 Å². The van der Waals surface area contributed by atoms with Gasteiger partial charge in [0.2, 0.25) is 8.32 Å². The van der Waals surface area contributed by atoms with Gasteiger partial charge >= 0.3 is 6.08 Å². The summed E-state index contributed by atoms with van der Waals surface area (Å²) in [6, 6.07) is 0. The minimum absolute atomic E-state index is 0.379. The Morgan fingerprint density at radius 2 is 1.88 bits per heavy atom. The second-order valence-electron chi connectivity index (χ2n) is 4.37. The molecule has 2 nitrogen and oxygen atoms in total. The molecule has 0 aromatic rings. The van der Waals surface area contributed by atoms with Gasteiger partial charge in [-0.15, -0.1) is 0 Å². The first-order chi connectivity index (χ1) is 7.37. The third-order valence-electron chi connectivity index (χ3n) is 1.53. The molecule has 0 aliphatic carbocycles. The molecule has 5 heteroatoms. The quantitative estimate of drug-likeness (QED) is 0.291. The highest BCUT2D eigenvalue weighted by Gasteiger charge is 2.19. The van der Waals surface area contributed by atoms with Crippen LogP contribution in [0.25, 0.3) is 0 Å². The Kier molecular flexibility index (Phi) is 7.04. The lowest BCUT2D eigenvalue weighted by atomic mass is 10.4. The average Bonchev–Trinajstić information content (AvgIpc) is 2.13. The van der Waals surface area contributed by atoms with Gasteiger partial charge in [0, 0.05) is 6.08 Å². The van der Waals surface area contributed by atoms with Gasteiger partial charge < -0.3 is 9.16 Å². The Morgan fingerprint density at radius 3 is 2.31 bits per heavy atom. The fourth-order valence-electron chi connectivity index (χ4n) is 0.871. The SMILES string of the molecule is CCCCOC=CC(O[Si](C)(C)C)=C(F)F. The van der Waals surface area contributed by atoms with Crippen molar-refractivity contribution in [3.05, 3.63) is 24.2 Å². The van der Waals surface area contributed by atoms with Crippen LogP contribution in [0.3, 0.4) is 0 Å². The van der Waals surface area contributed by atoms with E-state index in [0.29, 0.717) is 6.61 Å². The molecule has 0 fully saturated rings. The normalized spacial score (nSPS) is 11.6. The summed E-state index contributed by atoms with van der Waals surface area (Å²) in [7, 11) is -2.00. The Bertz CT molecular complexity index is 253. The summed E-state index contributed by atoms with van der Waals surface area (Å²) < 4.78 is 35.2. The maximum atomic E-state index is 12.5. The van der Waals surface area contributed by atoms with E-state index in [9.17, 15) is 8.78 Å². The van der Waals surface area contributed by atoms with Gasteiger partial charge in [-0.05, 0) is 26.1 Å². The van der Waals surface area contributed by atoms with E-state index in [1.165, 1.54) is 12.3 Å². The minimum Gasteiger partial charge on any atom is -0.541 e. The van der Waals surface area contributed by atoms with Gasteiger partial charge in [0.1, 0.15) is 0 Å². The molecule has 0 aromatic heterocycles. The van der Waals surface area contributed by atoms with Crippen molar-refractivity contribution in [2.24, 2.45) is 0 Å². The summed E-state index contributed by atoms with van der Waals surface area (Å²) in [5.41, 5.74) is 0. The first-order valence-corrected chi connectivity index (χ1v) is 8.80. The largest absolute Gasteiger partial charge is 0.541 e. The van der Waals surface area contributed by atoms with E-state index in [1.807, 2.05) is 26.6 Å². The maximum absolute atomic E-state index is 12.5. The predicted molar refractivity (Wildman–Crippen MR) is 63.7 cm³/mol. The summed E-state index contributed by atoms with van der Waals surface area (Å²) in [5, 5.41) is 0. The first-order valence-electron chi connectivity index (χ1n) is 5.39. The second-order valence-corrected chi connectivity index (χ2v) is 8.80. The summed E-state index contributed by atoms with van der Waals surface area (Å²) in [5.74, 6) is -0.379. The zero-order valence-corrected chi connectivity index (χ0v) is 11.3. The predicted octanol–water partition coefficient (Wildman–Crippen LogP) is 4.28. The minimum atomic E-state index is -2.00. The van der Waals surface area contributed by atoms with Crippen molar-refractivity contribution in [1.29, 1.82) is 0 Å². The van der Waals surface area contributed by atoms with Crippen LogP contribution in [0.4, 0.5) is 8.78 Å². The molecule has 0 heterocycles. The second kappa shape index (κ2) is 7.43. The van der Waals surface area contributed by atoms with Gasteiger partial charge in [-0.1, -0.05) is 13.3 Å². The smallest absolute Gasteiger partial charge is 0.310 e. The molecule has 0 radical (unpaired) electrons.